The van der Waals surface area contributed by atoms with Crippen LogP contribution in [-0.4, -0.2) is 50.3 Å². The van der Waals surface area contributed by atoms with Gasteiger partial charge >= 0.3 is 6.18 Å². The molecule has 0 bridgehead atoms. The molecule has 7 nitrogen and oxygen atoms in total. The van der Waals surface area contributed by atoms with Crippen LogP contribution in [0.1, 0.15) is 24.0 Å². The average Bonchev–Trinajstić information content (AvgIpc) is 3.62. The molecule has 0 radical (unpaired) electrons. The largest absolute Gasteiger partial charge is 0.417 e. The fourth-order valence-electron chi connectivity index (χ4n) is 3.83. The number of benzene rings is 2. The molecule has 2 aromatic carbocycles. The topological polar surface area (TPSA) is 93.5 Å². The molecule has 4 rings (SSSR count). The number of nitrogens with one attached hydrogen (secondary N) is 1. The third-order valence-corrected chi connectivity index (χ3v) is 7.69. The lowest BCUT2D eigenvalue weighted by Gasteiger charge is -2.40. The minimum absolute atomic E-state index is 0.0107. The first-order valence-electron chi connectivity index (χ1n) is 10.4. The van der Waals surface area contributed by atoms with E-state index in [0.29, 0.717) is 0 Å². The molecule has 2 aromatic rings. The van der Waals surface area contributed by atoms with E-state index in [4.69, 9.17) is 5.26 Å². The number of amides is 1. The van der Waals surface area contributed by atoms with Crippen LogP contribution in [-0.2, 0) is 21.0 Å². The van der Waals surface area contributed by atoms with Gasteiger partial charge in [0.15, 0.2) is 0 Å². The molecule has 0 spiro atoms. The zero-order valence-corrected chi connectivity index (χ0v) is 18.5. The van der Waals surface area contributed by atoms with E-state index in [1.54, 1.807) is 0 Å². The molecule has 1 N–H and O–H groups in total. The lowest BCUT2D eigenvalue weighted by atomic mass is 10.1. The van der Waals surface area contributed by atoms with E-state index in [1.165, 1.54) is 17.0 Å². The molecule has 1 amide bonds. The number of nitriles is 1. The summed E-state index contributed by atoms with van der Waals surface area (Å²) in [7, 11) is -4.18. The van der Waals surface area contributed by atoms with Crippen molar-refractivity contribution >= 4 is 21.6 Å². The summed E-state index contributed by atoms with van der Waals surface area (Å²) in [5.41, 5.74) is -1.51. The number of rotatable bonds is 5. The maximum atomic E-state index is 13.4. The molecule has 180 valence electrons. The van der Waals surface area contributed by atoms with Gasteiger partial charge in [-0.05, 0) is 55.3 Å². The number of nitrogens with zero attached hydrogens (tertiary/aromatic N) is 3. The van der Waals surface area contributed by atoms with Gasteiger partial charge in [0, 0.05) is 31.4 Å². The van der Waals surface area contributed by atoms with Crippen molar-refractivity contribution in [2.24, 2.45) is 0 Å². The Morgan fingerprint density at radius 2 is 1.76 bits per heavy atom. The minimum Gasteiger partial charge on any atom is -0.368 e. The molecule has 1 unspecified atom stereocenters. The number of alkyl halides is 3. The van der Waals surface area contributed by atoms with Crippen molar-refractivity contribution in [1.29, 1.82) is 5.26 Å². The standard InChI is InChI=1S/C22H20F4N4O3S/c23-15-2-7-18(8-3-15)34(32,33)30-10-9-29(13-20(30)21(31)28-16-4-5-16)17-6-1-14(12-27)19(11-17)22(24,25)26/h1-3,6-8,11,16,20H,4-5,9-10,13H2,(H,28,31). The Balaban J connectivity index is 1.66. The smallest absolute Gasteiger partial charge is 0.368 e. The SMILES string of the molecule is N#Cc1ccc(N2CCN(S(=O)(=O)c3ccc(F)cc3)C(C(=O)NC3CC3)C2)cc1C(F)(F)F. The molecule has 1 saturated carbocycles. The predicted molar refractivity (Wildman–Crippen MR) is 114 cm³/mol. The summed E-state index contributed by atoms with van der Waals surface area (Å²) in [5, 5.41) is 11.8. The Labute approximate surface area is 193 Å². The van der Waals surface area contributed by atoms with E-state index in [-0.39, 0.29) is 36.3 Å². The Morgan fingerprint density at radius 1 is 1.09 bits per heavy atom. The number of sulfonamides is 1. The summed E-state index contributed by atoms with van der Waals surface area (Å²) in [6.45, 7) is -0.358. The molecule has 12 heteroatoms. The average molecular weight is 496 g/mol. The molecule has 0 aromatic heterocycles. The Kier molecular flexibility index (Phi) is 6.26. The highest BCUT2D eigenvalue weighted by atomic mass is 32.2. The number of halogens is 4. The summed E-state index contributed by atoms with van der Waals surface area (Å²) < 4.78 is 81.1. The number of hydrogen-bond acceptors (Lipinski definition) is 5. The van der Waals surface area contributed by atoms with E-state index in [1.807, 2.05) is 0 Å². The fraction of sp³-hybridized carbons (Fsp3) is 0.364. The van der Waals surface area contributed by atoms with Gasteiger partial charge in [-0.15, -0.1) is 0 Å². The summed E-state index contributed by atoms with van der Waals surface area (Å²) >= 11 is 0. The molecule has 1 heterocycles. The van der Waals surface area contributed by atoms with Gasteiger partial charge in [-0.1, -0.05) is 0 Å². The van der Waals surface area contributed by atoms with Gasteiger partial charge in [0.05, 0.1) is 22.1 Å². The van der Waals surface area contributed by atoms with Crippen LogP contribution >= 0.6 is 0 Å². The third-order valence-electron chi connectivity index (χ3n) is 5.77. The lowest BCUT2D eigenvalue weighted by molar-refractivity contribution is -0.137. The first-order valence-corrected chi connectivity index (χ1v) is 11.9. The van der Waals surface area contributed by atoms with Gasteiger partial charge in [0.25, 0.3) is 0 Å². The number of hydrogen-bond donors (Lipinski definition) is 1. The molecule has 2 fully saturated rings. The van der Waals surface area contributed by atoms with Gasteiger partial charge in [-0.2, -0.15) is 22.7 Å². The molecule has 2 aliphatic rings. The number of piperazine rings is 1. The van der Waals surface area contributed by atoms with Crippen LogP contribution in [0.4, 0.5) is 23.2 Å². The first kappa shape index (κ1) is 24.0. The van der Waals surface area contributed by atoms with Crippen molar-refractivity contribution in [2.45, 2.75) is 36.0 Å². The first-order chi connectivity index (χ1) is 16.0. The van der Waals surface area contributed by atoms with Gasteiger partial charge < -0.3 is 10.2 Å². The second-order valence-electron chi connectivity index (χ2n) is 8.15. The highest BCUT2D eigenvalue weighted by Crippen LogP contribution is 2.35. The van der Waals surface area contributed by atoms with Crippen LogP contribution in [0.5, 0.6) is 0 Å². The zero-order valence-electron chi connectivity index (χ0n) is 17.7. The quantitative estimate of drug-likeness (QED) is 0.643. The Bertz CT molecular complexity index is 1240. The van der Waals surface area contributed by atoms with Crippen LogP contribution in [0.2, 0.25) is 0 Å². The maximum absolute atomic E-state index is 13.4. The van der Waals surface area contributed by atoms with Crippen molar-refractivity contribution < 1.29 is 30.8 Å². The fourth-order valence-corrected chi connectivity index (χ4v) is 5.40. The second kappa shape index (κ2) is 8.88. The van der Waals surface area contributed by atoms with Crippen molar-refractivity contribution in [1.82, 2.24) is 9.62 Å². The van der Waals surface area contributed by atoms with Crippen LogP contribution < -0.4 is 10.2 Å². The van der Waals surface area contributed by atoms with Crippen molar-refractivity contribution in [2.75, 3.05) is 24.5 Å². The van der Waals surface area contributed by atoms with Crippen LogP contribution in [0.15, 0.2) is 47.4 Å². The van der Waals surface area contributed by atoms with E-state index < -0.39 is 45.1 Å². The van der Waals surface area contributed by atoms with E-state index in [0.717, 1.165) is 53.5 Å². The number of anilines is 1. The van der Waals surface area contributed by atoms with Crippen molar-refractivity contribution in [3.8, 4) is 6.07 Å². The summed E-state index contributed by atoms with van der Waals surface area (Å²) in [5.74, 6) is -1.17. The molecule has 1 saturated heterocycles. The van der Waals surface area contributed by atoms with Gasteiger partial charge in [0.2, 0.25) is 15.9 Å². The molecule has 34 heavy (non-hydrogen) atoms. The molecular formula is C22H20F4N4O3S. The van der Waals surface area contributed by atoms with Crippen LogP contribution in [0, 0.1) is 17.1 Å². The predicted octanol–water partition coefficient (Wildman–Crippen LogP) is 2.87. The third kappa shape index (κ3) is 4.85. The second-order valence-corrected chi connectivity index (χ2v) is 10.0. The zero-order chi connectivity index (χ0) is 24.7. The van der Waals surface area contributed by atoms with Crippen molar-refractivity contribution in [3.63, 3.8) is 0 Å². The molecule has 1 aliphatic carbocycles. The molecular weight excluding hydrogens is 476 g/mol. The van der Waals surface area contributed by atoms with E-state index >= 15 is 0 Å². The molecule has 1 aliphatic heterocycles. The number of carbonyl (C=O) groups is 1. The van der Waals surface area contributed by atoms with Crippen LogP contribution in [0.3, 0.4) is 0 Å². The minimum atomic E-state index is -4.75. The van der Waals surface area contributed by atoms with Gasteiger partial charge in [-0.25, -0.2) is 12.8 Å². The normalized spacial score (nSPS) is 19.5. The highest BCUT2D eigenvalue weighted by molar-refractivity contribution is 7.89. The highest BCUT2D eigenvalue weighted by Gasteiger charge is 2.42. The summed E-state index contributed by atoms with van der Waals surface area (Å²) in [4.78, 5) is 14.3. The summed E-state index contributed by atoms with van der Waals surface area (Å²) in [6, 6.07) is 7.67. The van der Waals surface area contributed by atoms with Gasteiger partial charge in [0.1, 0.15) is 11.9 Å². The lowest BCUT2D eigenvalue weighted by Crippen LogP contribution is -2.60. The molecule has 1 atom stereocenters. The van der Waals surface area contributed by atoms with E-state index in [9.17, 15) is 30.8 Å². The number of carbonyl (C=O) groups excluding carboxylic acids is 1. The van der Waals surface area contributed by atoms with Gasteiger partial charge in [-0.3, -0.25) is 4.79 Å². The maximum Gasteiger partial charge on any atom is 0.417 e. The summed E-state index contributed by atoms with van der Waals surface area (Å²) in [6.07, 6.45) is -3.23. The van der Waals surface area contributed by atoms with Crippen LogP contribution in [0.25, 0.3) is 0 Å². The monoisotopic (exact) mass is 496 g/mol. The Hall–Kier alpha value is -3.17. The van der Waals surface area contributed by atoms with Crippen molar-refractivity contribution in [3.05, 3.63) is 59.4 Å². The van der Waals surface area contributed by atoms with E-state index in [2.05, 4.69) is 5.32 Å². The Morgan fingerprint density at radius 3 is 2.35 bits per heavy atom.